The van der Waals surface area contributed by atoms with Crippen LogP contribution in [0.5, 0.6) is 5.75 Å². The summed E-state index contributed by atoms with van der Waals surface area (Å²) in [4.78, 5) is 20.3. The van der Waals surface area contributed by atoms with Crippen molar-refractivity contribution >= 4 is 26.8 Å². The van der Waals surface area contributed by atoms with Crippen LogP contribution < -0.4 is 9.46 Å². The summed E-state index contributed by atoms with van der Waals surface area (Å²) >= 11 is 0. The second-order valence-corrected chi connectivity index (χ2v) is 10.2. The Morgan fingerprint density at radius 1 is 1.15 bits per heavy atom. The van der Waals surface area contributed by atoms with Crippen LogP contribution in [-0.4, -0.2) is 36.7 Å². The molecule has 2 aromatic heterocycles. The minimum absolute atomic E-state index is 0.00989. The maximum Gasteiger partial charge on any atom is 0.283 e. The zero-order valence-electron chi connectivity index (χ0n) is 18.3. The van der Waals surface area contributed by atoms with Gasteiger partial charge in [0.1, 0.15) is 5.69 Å². The van der Waals surface area contributed by atoms with E-state index in [2.05, 4.69) is 14.7 Å². The lowest BCUT2D eigenvalue weighted by Crippen LogP contribution is -2.33. The third kappa shape index (κ3) is 4.26. The fourth-order valence-electron chi connectivity index (χ4n) is 3.97. The number of benzene rings is 2. The molecule has 2 aromatic carbocycles. The van der Waals surface area contributed by atoms with E-state index in [4.69, 9.17) is 4.74 Å². The molecule has 0 unspecified atom stereocenters. The maximum atomic E-state index is 14.6. The highest BCUT2D eigenvalue weighted by Crippen LogP contribution is 2.35. The van der Waals surface area contributed by atoms with E-state index in [9.17, 15) is 17.6 Å². The molecule has 5 rings (SSSR count). The molecule has 0 saturated heterocycles. The van der Waals surface area contributed by atoms with E-state index in [0.29, 0.717) is 35.9 Å². The molecule has 1 amide bonds. The van der Waals surface area contributed by atoms with Gasteiger partial charge in [0.25, 0.3) is 5.91 Å². The monoisotopic (exact) mass is 479 g/mol. The molecule has 1 saturated carbocycles. The van der Waals surface area contributed by atoms with Crippen LogP contribution in [0.2, 0.25) is 0 Å². The molecular formula is C25H22FN3O4S. The molecule has 0 bridgehead atoms. The van der Waals surface area contributed by atoms with Crippen LogP contribution in [0.3, 0.4) is 0 Å². The number of H-pyrrole nitrogens is 1. The summed E-state index contributed by atoms with van der Waals surface area (Å²) in [6.45, 7) is 0. The van der Waals surface area contributed by atoms with E-state index < -0.39 is 27.0 Å². The van der Waals surface area contributed by atoms with Crippen LogP contribution in [0.15, 0.2) is 60.7 Å². The number of ether oxygens (including phenoxy) is 1. The lowest BCUT2D eigenvalue weighted by atomic mass is 10.0. The van der Waals surface area contributed by atoms with Crippen molar-refractivity contribution in [1.82, 2.24) is 14.7 Å². The van der Waals surface area contributed by atoms with Crippen molar-refractivity contribution in [2.75, 3.05) is 7.11 Å². The first-order valence-corrected chi connectivity index (χ1v) is 12.4. The fourth-order valence-corrected chi connectivity index (χ4v) is 5.26. The number of amides is 1. The number of methoxy groups -OCH3 is 1. The van der Waals surface area contributed by atoms with Crippen LogP contribution >= 0.6 is 0 Å². The van der Waals surface area contributed by atoms with E-state index >= 15 is 0 Å². The van der Waals surface area contributed by atoms with Gasteiger partial charge in [0.2, 0.25) is 10.0 Å². The average molecular weight is 480 g/mol. The van der Waals surface area contributed by atoms with E-state index in [-0.39, 0.29) is 11.4 Å². The van der Waals surface area contributed by atoms with Crippen molar-refractivity contribution in [3.63, 3.8) is 0 Å². The van der Waals surface area contributed by atoms with Gasteiger partial charge in [-0.05, 0) is 42.2 Å². The lowest BCUT2D eigenvalue weighted by molar-refractivity contribution is 0.0976. The van der Waals surface area contributed by atoms with Gasteiger partial charge in [-0.2, -0.15) is 0 Å². The zero-order valence-corrected chi connectivity index (χ0v) is 19.2. The Kier molecular flexibility index (Phi) is 5.57. The normalized spacial score (nSPS) is 13.7. The summed E-state index contributed by atoms with van der Waals surface area (Å²) in [6.07, 6.45) is 1.41. The van der Waals surface area contributed by atoms with Gasteiger partial charge in [0.05, 0.1) is 23.6 Å². The van der Waals surface area contributed by atoms with Gasteiger partial charge in [0.15, 0.2) is 11.6 Å². The quantitative estimate of drug-likeness (QED) is 0.414. The van der Waals surface area contributed by atoms with E-state index in [1.54, 1.807) is 18.2 Å². The SMILES string of the molecule is COc1cc2[nH]c(-c3ccccc3)c(Cc3cccc(C(=O)NS(=O)(=O)C4CC4)n3)c2cc1F. The molecule has 174 valence electrons. The highest BCUT2D eigenvalue weighted by molar-refractivity contribution is 7.91. The predicted molar refractivity (Wildman–Crippen MR) is 127 cm³/mol. The number of carbonyl (C=O) groups excluding carboxylic acids is 1. The first-order chi connectivity index (χ1) is 16.4. The Labute approximate surface area is 196 Å². The highest BCUT2D eigenvalue weighted by atomic mass is 32.2. The summed E-state index contributed by atoms with van der Waals surface area (Å²) < 4.78 is 46.1. The Hall–Kier alpha value is -3.72. The minimum Gasteiger partial charge on any atom is -0.494 e. The Morgan fingerprint density at radius 3 is 2.62 bits per heavy atom. The first kappa shape index (κ1) is 22.1. The second kappa shape index (κ2) is 8.57. The summed E-state index contributed by atoms with van der Waals surface area (Å²) in [5.41, 5.74) is 3.78. The molecule has 2 heterocycles. The minimum atomic E-state index is -3.68. The topological polar surface area (TPSA) is 101 Å². The van der Waals surface area contributed by atoms with Gasteiger partial charge < -0.3 is 9.72 Å². The van der Waals surface area contributed by atoms with Crippen LogP contribution in [0.1, 0.15) is 34.6 Å². The van der Waals surface area contributed by atoms with E-state index in [1.807, 2.05) is 30.3 Å². The Morgan fingerprint density at radius 2 is 1.91 bits per heavy atom. The Bertz CT molecular complexity index is 1500. The van der Waals surface area contributed by atoms with E-state index in [1.165, 1.54) is 19.2 Å². The first-order valence-electron chi connectivity index (χ1n) is 10.8. The van der Waals surface area contributed by atoms with Crippen molar-refractivity contribution in [2.45, 2.75) is 24.5 Å². The van der Waals surface area contributed by atoms with Gasteiger partial charge in [-0.15, -0.1) is 0 Å². The number of carbonyl (C=O) groups is 1. The van der Waals surface area contributed by atoms with Crippen LogP contribution in [-0.2, 0) is 16.4 Å². The molecule has 1 aliphatic rings. The molecule has 1 aliphatic carbocycles. The number of aromatic nitrogens is 2. The van der Waals surface area contributed by atoms with Crippen molar-refractivity contribution in [3.8, 4) is 17.0 Å². The molecule has 9 heteroatoms. The number of rotatable bonds is 7. The van der Waals surface area contributed by atoms with Crippen molar-refractivity contribution in [1.29, 1.82) is 0 Å². The number of pyridine rings is 1. The number of fused-ring (bicyclic) bond motifs is 1. The van der Waals surface area contributed by atoms with Gasteiger partial charge in [0, 0.05) is 23.6 Å². The van der Waals surface area contributed by atoms with Crippen molar-refractivity contribution in [2.24, 2.45) is 0 Å². The summed E-state index contributed by atoms with van der Waals surface area (Å²) in [7, 11) is -2.27. The molecule has 0 atom stereocenters. The van der Waals surface area contributed by atoms with Crippen LogP contribution in [0.25, 0.3) is 22.2 Å². The highest BCUT2D eigenvalue weighted by Gasteiger charge is 2.37. The molecular weight excluding hydrogens is 457 g/mol. The lowest BCUT2D eigenvalue weighted by Gasteiger charge is -2.08. The fraction of sp³-hybridized carbons (Fsp3) is 0.200. The molecule has 2 N–H and O–H groups in total. The molecule has 0 spiro atoms. The number of hydrogen-bond donors (Lipinski definition) is 2. The molecule has 0 radical (unpaired) electrons. The molecule has 0 aliphatic heterocycles. The maximum absolute atomic E-state index is 14.6. The van der Waals surface area contributed by atoms with Crippen LogP contribution in [0, 0.1) is 5.82 Å². The second-order valence-electron chi connectivity index (χ2n) is 8.24. The van der Waals surface area contributed by atoms with Gasteiger partial charge in [-0.3, -0.25) is 4.79 Å². The van der Waals surface area contributed by atoms with Crippen molar-refractivity contribution in [3.05, 3.63) is 83.4 Å². The largest absolute Gasteiger partial charge is 0.494 e. The number of nitrogens with one attached hydrogen (secondary N) is 2. The number of nitrogens with zero attached hydrogens (tertiary/aromatic N) is 1. The average Bonchev–Trinajstić information content (AvgIpc) is 3.64. The van der Waals surface area contributed by atoms with Crippen molar-refractivity contribution < 1.29 is 22.3 Å². The van der Waals surface area contributed by atoms with Crippen LogP contribution in [0.4, 0.5) is 4.39 Å². The predicted octanol–water partition coefficient (Wildman–Crippen LogP) is 4.19. The number of halogens is 1. The molecule has 4 aromatic rings. The van der Waals surface area contributed by atoms with Gasteiger partial charge in [-0.25, -0.2) is 22.5 Å². The summed E-state index contributed by atoms with van der Waals surface area (Å²) in [6, 6.07) is 17.5. The standard InChI is InChI=1S/C25H22FN3O4S/c1-33-23-14-22-18(13-20(23)26)19(24(28-22)15-6-3-2-4-7-15)12-16-8-5-9-21(27-16)25(30)29-34(31,32)17-10-11-17/h2-9,13-14,17,28H,10-12H2,1H3,(H,29,30). The number of hydrogen-bond acceptors (Lipinski definition) is 5. The van der Waals surface area contributed by atoms with Gasteiger partial charge in [-0.1, -0.05) is 36.4 Å². The molecule has 7 nitrogen and oxygen atoms in total. The Balaban J connectivity index is 1.54. The number of sulfonamides is 1. The smallest absolute Gasteiger partial charge is 0.283 e. The molecule has 1 fully saturated rings. The summed E-state index contributed by atoms with van der Waals surface area (Å²) in [5, 5.41) is 0.163. The number of aromatic amines is 1. The summed E-state index contributed by atoms with van der Waals surface area (Å²) in [5.74, 6) is -1.11. The zero-order chi connectivity index (χ0) is 23.9. The molecule has 34 heavy (non-hydrogen) atoms. The third-order valence-electron chi connectivity index (χ3n) is 5.84. The van der Waals surface area contributed by atoms with E-state index in [0.717, 1.165) is 16.8 Å². The third-order valence-corrected chi connectivity index (χ3v) is 7.66. The van der Waals surface area contributed by atoms with Gasteiger partial charge >= 0.3 is 0 Å².